The summed E-state index contributed by atoms with van der Waals surface area (Å²) in [5.74, 6) is -0.650. The second-order valence-corrected chi connectivity index (χ2v) is 3.26. The van der Waals surface area contributed by atoms with E-state index >= 15 is 0 Å². The van der Waals surface area contributed by atoms with E-state index in [1.54, 1.807) is 24.3 Å². The van der Waals surface area contributed by atoms with Crippen molar-refractivity contribution in [1.82, 2.24) is 9.97 Å². The second-order valence-electron chi connectivity index (χ2n) is 3.26. The number of para-hydroxylation sites is 1. The number of aromatic nitrogens is 2. The smallest absolute Gasteiger partial charge is 0.346 e. The van der Waals surface area contributed by atoms with Crippen LogP contribution in [0.5, 0.6) is 0 Å². The van der Waals surface area contributed by atoms with Crippen LogP contribution in [-0.4, -0.2) is 21.0 Å². The van der Waals surface area contributed by atoms with E-state index in [4.69, 9.17) is 5.11 Å². The monoisotopic (exact) mass is 231 g/mol. The van der Waals surface area contributed by atoms with Crippen LogP contribution in [0.25, 0.3) is 0 Å². The van der Waals surface area contributed by atoms with Crippen LogP contribution >= 0.6 is 0 Å². The van der Waals surface area contributed by atoms with E-state index in [1.165, 1.54) is 12.3 Å². The molecule has 6 heteroatoms. The van der Waals surface area contributed by atoms with Crippen LogP contribution in [0.15, 0.2) is 41.3 Å². The maximum atomic E-state index is 11.0. The summed E-state index contributed by atoms with van der Waals surface area (Å²) < 4.78 is 0. The average molecular weight is 231 g/mol. The average Bonchev–Trinajstić information content (AvgIpc) is 2.29. The Labute approximate surface area is 96.0 Å². The summed E-state index contributed by atoms with van der Waals surface area (Å²) in [4.78, 5) is 27.9. The van der Waals surface area contributed by atoms with Gasteiger partial charge in [0.15, 0.2) is 0 Å². The molecule has 17 heavy (non-hydrogen) atoms. The van der Waals surface area contributed by atoms with Gasteiger partial charge in [-0.2, -0.15) is 0 Å². The fourth-order valence-corrected chi connectivity index (χ4v) is 1.37. The number of carboxylic acid groups (broad SMARTS) is 1. The highest BCUT2D eigenvalue weighted by Gasteiger charge is 2.08. The third-order valence-corrected chi connectivity index (χ3v) is 2.10. The third-order valence-electron chi connectivity index (χ3n) is 2.10. The third kappa shape index (κ3) is 2.49. The van der Waals surface area contributed by atoms with E-state index in [2.05, 4.69) is 15.3 Å². The number of hydrogen-bond acceptors (Lipinski definition) is 4. The molecule has 0 saturated heterocycles. The van der Waals surface area contributed by atoms with Crippen LogP contribution in [-0.2, 0) is 0 Å². The van der Waals surface area contributed by atoms with Gasteiger partial charge in [0.05, 0.1) is 11.3 Å². The number of carbonyl (C=O) groups is 1. The molecule has 0 bridgehead atoms. The Balaban J connectivity index is 2.36. The van der Waals surface area contributed by atoms with Gasteiger partial charge in [0.25, 0.3) is 0 Å². The van der Waals surface area contributed by atoms with E-state index < -0.39 is 11.7 Å². The molecule has 0 aliphatic heterocycles. The van der Waals surface area contributed by atoms with Gasteiger partial charge in [0.1, 0.15) is 5.82 Å². The van der Waals surface area contributed by atoms with Gasteiger partial charge in [-0.15, -0.1) is 0 Å². The summed E-state index contributed by atoms with van der Waals surface area (Å²) in [6, 6.07) is 7.96. The molecule has 0 radical (unpaired) electrons. The zero-order chi connectivity index (χ0) is 12.3. The summed E-state index contributed by atoms with van der Waals surface area (Å²) >= 11 is 0. The van der Waals surface area contributed by atoms with Crippen LogP contribution in [0.1, 0.15) is 10.4 Å². The van der Waals surface area contributed by atoms with Crippen LogP contribution < -0.4 is 11.0 Å². The molecule has 0 fully saturated rings. The van der Waals surface area contributed by atoms with E-state index in [9.17, 15) is 9.59 Å². The van der Waals surface area contributed by atoms with Gasteiger partial charge in [-0.1, -0.05) is 12.1 Å². The largest absolute Gasteiger partial charge is 0.478 e. The van der Waals surface area contributed by atoms with E-state index in [-0.39, 0.29) is 5.56 Å². The Morgan fingerprint density at radius 3 is 2.76 bits per heavy atom. The molecule has 2 rings (SSSR count). The first kappa shape index (κ1) is 10.9. The maximum Gasteiger partial charge on any atom is 0.346 e. The molecule has 0 spiro atoms. The maximum absolute atomic E-state index is 11.0. The van der Waals surface area contributed by atoms with E-state index in [0.717, 1.165) is 0 Å². The summed E-state index contributed by atoms with van der Waals surface area (Å²) in [5, 5.41) is 11.8. The Bertz CT molecular complexity index is 607. The Hall–Kier alpha value is -2.63. The first-order valence-electron chi connectivity index (χ1n) is 4.81. The lowest BCUT2D eigenvalue weighted by Gasteiger charge is -2.08. The fourth-order valence-electron chi connectivity index (χ4n) is 1.37. The van der Waals surface area contributed by atoms with Crippen molar-refractivity contribution in [3.05, 3.63) is 52.6 Å². The molecule has 3 N–H and O–H groups in total. The van der Waals surface area contributed by atoms with Crippen LogP contribution in [0, 0.1) is 0 Å². The molecule has 1 aromatic heterocycles. The summed E-state index contributed by atoms with van der Waals surface area (Å²) in [5.41, 5.74) is 0.0369. The van der Waals surface area contributed by atoms with Crippen molar-refractivity contribution in [2.24, 2.45) is 0 Å². The summed E-state index contributed by atoms with van der Waals surface area (Å²) in [6.07, 6.45) is 1.34. The van der Waals surface area contributed by atoms with E-state index in [0.29, 0.717) is 11.5 Å². The predicted octanol–water partition coefficient (Wildman–Crippen LogP) is 1.21. The molecule has 0 atom stereocenters. The zero-order valence-electron chi connectivity index (χ0n) is 8.68. The molecule has 0 aliphatic rings. The van der Waals surface area contributed by atoms with Crippen molar-refractivity contribution >= 4 is 17.5 Å². The minimum Gasteiger partial charge on any atom is -0.478 e. The highest BCUT2D eigenvalue weighted by molar-refractivity contribution is 5.94. The van der Waals surface area contributed by atoms with Gasteiger partial charge in [0, 0.05) is 6.20 Å². The van der Waals surface area contributed by atoms with Gasteiger partial charge >= 0.3 is 11.7 Å². The highest BCUT2D eigenvalue weighted by Crippen LogP contribution is 2.18. The lowest BCUT2D eigenvalue weighted by atomic mass is 10.2. The number of rotatable bonds is 3. The molecule has 6 nitrogen and oxygen atoms in total. The van der Waals surface area contributed by atoms with Crippen molar-refractivity contribution in [1.29, 1.82) is 0 Å². The van der Waals surface area contributed by atoms with Gasteiger partial charge in [0.2, 0.25) is 0 Å². The van der Waals surface area contributed by atoms with Gasteiger partial charge in [-0.25, -0.2) is 14.6 Å². The standard InChI is InChI=1S/C11H9N3O3/c15-10(16)7-3-1-2-4-8(7)13-9-5-6-12-11(17)14-9/h1-6H,(H,15,16)(H2,12,13,14,17). The van der Waals surface area contributed by atoms with E-state index in [1.807, 2.05) is 0 Å². The molecule has 86 valence electrons. The van der Waals surface area contributed by atoms with Gasteiger partial charge < -0.3 is 10.4 Å². The summed E-state index contributed by atoms with van der Waals surface area (Å²) in [6.45, 7) is 0. The van der Waals surface area contributed by atoms with Crippen LogP contribution in [0.3, 0.4) is 0 Å². The van der Waals surface area contributed by atoms with Crippen molar-refractivity contribution < 1.29 is 9.90 Å². The lowest BCUT2D eigenvalue weighted by Crippen LogP contribution is -2.11. The van der Waals surface area contributed by atoms with Crippen molar-refractivity contribution in [2.75, 3.05) is 5.32 Å². The quantitative estimate of drug-likeness (QED) is 0.738. The zero-order valence-corrected chi connectivity index (χ0v) is 8.68. The predicted molar refractivity (Wildman–Crippen MR) is 61.5 cm³/mol. The normalized spacial score (nSPS) is 9.88. The lowest BCUT2D eigenvalue weighted by molar-refractivity contribution is 0.0698. The minimum absolute atomic E-state index is 0.130. The molecule has 1 aromatic carbocycles. The number of aromatic carboxylic acids is 1. The Morgan fingerprint density at radius 1 is 1.29 bits per heavy atom. The number of anilines is 2. The van der Waals surface area contributed by atoms with Crippen LogP contribution in [0.2, 0.25) is 0 Å². The molecular weight excluding hydrogens is 222 g/mol. The SMILES string of the molecule is O=C(O)c1ccccc1Nc1ccnc(=O)[nH]1. The number of nitrogens with zero attached hydrogens (tertiary/aromatic N) is 1. The van der Waals surface area contributed by atoms with Crippen molar-refractivity contribution in [3.8, 4) is 0 Å². The summed E-state index contributed by atoms with van der Waals surface area (Å²) in [7, 11) is 0. The molecule has 0 amide bonds. The van der Waals surface area contributed by atoms with Gasteiger partial charge in [-0.05, 0) is 18.2 Å². The molecule has 2 aromatic rings. The molecule has 0 aliphatic carbocycles. The fraction of sp³-hybridized carbons (Fsp3) is 0. The Kier molecular flexibility index (Phi) is 2.87. The van der Waals surface area contributed by atoms with Crippen molar-refractivity contribution in [2.45, 2.75) is 0 Å². The number of hydrogen-bond donors (Lipinski definition) is 3. The number of nitrogens with one attached hydrogen (secondary N) is 2. The Morgan fingerprint density at radius 2 is 2.06 bits per heavy atom. The first-order chi connectivity index (χ1) is 8.16. The first-order valence-corrected chi connectivity index (χ1v) is 4.81. The molecule has 1 heterocycles. The highest BCUT2D eigenvalue weighted by atomic mass is 16.4. The topological polar surface area (TPSA) is 95.1 Å². The molecular formula is C11H9N3O3. The molecule has 0 unspecified atom stereocenters. The number of carboxylic acids is 1. The van der Waals surface area contributed by atoms with Crippen LogP contribution in [0.4, 0.5) is 11.5 Å². The number of aromatic amines is 1. The number of H-pyrrole nitrogens is 1. The van der Waals surface area contributed by atoms with Crippen molar-refractivity contribution in [3.63, 3.8) is 0 Å². The minimum atomic E-state index is -1.04. The number of benzene rings is 1. The second kappa shape index (κ2) is 4.48. The van der Waals surface area contributed by atoms with Gasteiger partial charge in [-0.3, -0.25) is 4.98 Å². The molecule has 0 saturated carbocycles.